The predicted octanol–water partition coefficient (Wildman–Crippen LogP) is 9.73. The van der Waals surface area contributed by atoms with E-state index in [0.29, 0.717) is 66.7 Å². The van der Waals surface area contributed by atoms with Gasteiger partial charge >= 0.3 is 0 Å². The van der Waals surface area contributed by atoms with Crippen LogP contribution in [0.2, 0.25) is 0 Å². The van der Waals surface area contributed by atoms with Crippen molar-refractivity contribution in [3.05, 3.63) is 123 Å². The van der Waals surface area contributed by atoms with Crippen molar-refractivity contribution in [2.75, 3.05) is 116 Å². The van der Waals surface area contributed by atoms with Crippen LogP contribution in [0.3, 0.4) is 0 Å². The van der Waals surface area contributed by atoms with Gasteiger partial charge in [-0.2, -0.15) is 0 Å². The molecule has 0 heterocycles. The Hall–Kier alpha value is -4.17. The van der Waals surface area contributed by atoms with Gasteiger partial charge in [0, 0.05) is 60.5 Å². The molecule has 0 amide bonds. The minimum atomic E-state index is -0.505. The summed E-state index contributed by atoms with van der Waals surface area (Å²) in [7, 11) is 19.5. The fourth-order valence-electron chi connectivity index (χ4n) is 11.8. The number of carbonyl (C=O) groups excluding carboxylic acids is 1. The lowest BCUT2D eigenvalue weighted by atomic mass is 9.75. The molecule has 11 nitrogen and oxygen atoms in total. The Morgan fingerprint density at radius 1 is 0.452 bits per heavy atom. The standard InChI is InChI=1S/C62H100N4O7/c1-45-48(33-63(12,13)37-58(2,3)41-67)29-52(30-49(45)34-64(14,15)38-59(4,5)42-68)62(10,11)53-31-50(35-65(16,17)39-60(6,7)43-69)57(51(32-53)36-66(18,19)40-61(8,9)44-70)73-55-27-23-47(24-28-55)56(71)46-21-25-54(72-20)26-22-46/h21-32,67-70H,33-44H2,1-20H3/q+4. The Morgan fingerprint density at radius 2 is 0.726 bits per heavy atom. The Balaban J connectivity index is 2.05. The summed E-state index contributed by atoms with van der Waals surface area (Å²) < 4.78 is 15.1. The van der Waals surface area contributed by atoms with E-state index in [4.69, 9.17) is 9.47 Å². The van der Waals surface area contributed by atoms with Crippen LogP contribution < -0.4 is 9.47 Å². The average Bonchev–Trinajstić information content (AvgIpc) is 3.26. The van der Waals surface area contributed by atoms with Crippen molar-refractivity contribution in [2.24, 2.45) is 21.7 Å². The molecule has 0 saturated carbocycles. The van der Waals surface area contributed by atoms with Crippen LogP contribution in [0.25, 0.3) is 0 Å². The van der Waals surface area contributed by atoms with Crippen LogP contribution in [0, 0.1) is 28.6 Å². The number of ketones is 1. The van der Waals surface area contributed by atoms with E-state index >= 15 is 0 Å². The number of benzene rings is 4. The third kappa shape index (κ3) is 17.4. The number of hydrogen-bond acceptors (Lipinski definition) is 7. The topological polar surface area (TPSA) is 116 Å². The Kier molecular flexibility index (Phi) is 19.3. The van der Waals surface area contributed by atoms with E-state index in [1.165, 1.54) is 22.3 Å². The highest BCUT2D eigenvalue weighted by Crippen LogP contribution is 2.42. The number of aliphatic hydroxyl groups excluding tert-OH is 4. The average molecular weight is 1010 g/mol. The second-order valence-corrected chi connectivity index (χ2v) is 28.1. The van der Waals surface area contributed by atoms with E-state index in [0.717, 1.165) is 48.6 Å². The molecule has 0 aliphatic carbocycles. The van der Waals surface area contributed by atoms with Gasteiger partial charge in [-0.05, 0) is 96.4 Å². The van der Waals surface area contributed by atoms with Crippen LogP contribution in [-0.2, 0) is 31.6 Å². The van der Waals surface area contributed by atoms with E-state index in [2.05, 4.69) is 157 Å². The van der Waals surface area contributed by atoms with Gasteiger partial charge in [0.05, 0.1) is 116 Å². The lowest BCUT2D eigenvalue weighted by Gasteiger charge is -2.40. The highest BCUT2D eigenvalue weighted by Gasteiger charge is 2.37. The van der Waals surface area contributed by atoms with Crippen molar-refractivity contribution in [3.8, 4) is 17.2 Å². The molecule has 0 radical (unpaired) electrons. The molecule has 0 bridgehead atoms. The number of nitrogens with zero attached hydrogens (tertiary/aromatic N) is 4. The molecule has 73 heavy (non-hydrogen) atoms. The normalized spacial score (nSPS) is 13.6. The van der Waals surface area contributed by atoms with Gasteiger partial charge in [0.25, 0.3) is 0 Å². The molecule has 4 aromatic rings. The van der Waals surface area contributed by atoms with Gasteiger partial charge in [-0.25, -0.2) is 0 Å². The third-order valence-electron chi connectivity index (χ3n) is 14.5. The maximum Gasteiger partial charge on any atom is 0.193 e. The van der Waals surface area contributed by atoms with E-state index < -0.39 is 5.41 Å². The molecule has 0 atom stereocenters. The zero-order chi connectivity index (χ0) is 55.4. The van der Waals surface area contributed by atoms with Crippen LogP contribution >= 0.6 is 0 Å². The van der Waals surface area contributed by atoms with E-state index in [-0.39, 0.29) is 53.9 Å². The molecular formula is C62H100N4O7+4. The summed E-state index contributed by atoms with van der Waals surface area (Å²) in [6, 6.07) is 24.1. The zero-order valence-corrected chi connectivity index (χ0v) is 49.2. The number of rotatable bonds is 27. The highest BCUT2D eigenvalue weighted by molar-refractivity contribution is 6.09. The van der Waals surface area contributed by atoms with Gasteiger partial charge < -0.3 is 47.8 Å². The zero-order valence-electron chi connectivity index (χ0n) is 49.2. The second kappa shape index (κ2) is 23.0. The van der Waals surface area contributed by atoms with E-state index in [1.807, 2.05) is 24.3 Å². The maximum atomic E-state index is 13.7. The minimum absolute atomic E-state index is 0.0579. The summed E-state index contributed by atoms with van der Waals surface area (Å²) in [5.74, 6) is 1.99. The summed E-state index contributed by atoms with van der Waals surface area (Å²) >= 11 is 0. The summed E-state index contributed by atoms with van der Waals surface area (Å²) in [5, 5.41) is 41.8. The van der Waals surface area contributed by atoms with Crippen LogP contribution in [0.1, 0.15) is 124 Å². The lowest BCUT2D eigenvalue weighted by molar-refractivity contribution is -0.910. The second-order valence-electron chi connectivity index (χ2n) is 28.1. The minimum Gasteiger partial charge on any atom is -0.497 e. The van der Waals surface area contributed by atoms with Gasteiger partial charge in [-0.3, -0.25) is 4.79 Å². The molecule has 0 aliphatic rings. The molecule has 4 N–H and O–H groups in total. The largest absolute Gasteiger partial charge is 0.497 e. The molecule has 4 aromatic carbocycles. The maximum absolute atomic E-state index is 13.7. The SMILES string of the molecule is COc1ccc(C(=O)c2ccc(Oc3c(C[N+](C)(C)CC(C)(C)CO)cc(C(C)(C)c4cc(C[N+](C)(C)CC(C)(C)CO)c(C)c(C[N+](C)(C)CC(C)(C)CO)c4)cc3C[N+](C)(C)CC(C)(C)CO)cc2)cc1. The van der Waals surface area contributed by atoms with E-state index in [9.17, 15) is 25.2 Å². The van der Waals surface area contributed by atoms with Crippen LogP contribution in [-0.4, -0.2) is 160 Å². The van der Waals surface area contributed by atoms with Crippen molar-refractivity contribution >= 4 is 5.78 Å². The Labute approximate surface area is 442 Å². The number of carbonyl (C=O) groups is 1. The summed E-state index contributed by atoms with van der Waals surface area (Å²) in [6.45, 7) is 30.1. The van der Waals surface area contributed by atoms with Gasteiger partial charge in [-0.1, -0.05) is 69.2 Å². The molecule has 0 spiro atoms. The third-order valence-corrected chi connectivity index (χ3v) is 14.5. The van der Waals surface area contributed by atoms with Crippen molar-refractivity contribution in [2.45, 2.75) is 108 Å². The first-order valence-corrected chi connectivity index (χ1v) is 26.3. The summed E-state index contributed by atoms with van der Waals surface area (Å²) in [5.41, 5.74) is 7.72. The highest BCUT2D eigenvalue weighted by atomic mass is 16.5. The Bertz CT molecular complexity index is 2370. The molecule has 0 saturated heterocycles. The fourth-order valence-corrected chi connectivity index (χ4v) is 11.8. The van der Waals surface area contributed by atoms with Gasteiger partial charge in [0.2, 0.25) is 0 Å². The first-order chi connectivity index (χ1) is 33.3. The van der Waals surface area contributed by atoms with Crippen LogP contribution in [0.15, 0.2) is 72.8 Å². The van der Waals surface area contributed by atoms with Crippen LogP contribution in [0.4, 0.5) is 0 Å². The fraction of sp³-hybridized carbons (Fsp3) is 0.597. The number of hydrogen-bond donors (Lipinski definition) is 4. The molecule has 4 rings (SSSR count). The summed E-state index contributed by atoms with van der Waals surface area (Å²) in [6.07, 6.45) is 0. The van der Waals surface area contributed by atoms with Gasteiger partial charge in [0.15, 0.2) is 5.78 Å². The van der Waals surface area contributed by atoms with Crippen molar-refractivity contribution in [1.29, 1.82) is 0 Å². The molecule has 11 heteroatoms. The molecule has 0 unspecified atom stereocenters. The van der Waals surface area contributed by atoms with Gasteiger partial charge in [-0.15, -0.1) is 0 Å². The summed E-state index contributed by atoms with van der Waals surface area (Å²) in [4.78, 5) is 13.7. The molecular weight excluding hydrogens is 913 g/mol. The predicted molar refractivity (Wildman–Crippen MR) is 299 cm³/mol. The van der Waals surface area contributed by atoms with Crippen LogP contribution in [0.5, 0.6) is 17.2 Å². The molecule has 0 fully saturated rings. The lowest BCUT2D eigenvalue weighted by Crippen LogP contribution is -2.47. The van der Waals surface area contributed by atoms with Crippen molar-refractivity contribution in [3.63, 3.8) is 0 Å². The monoisotopic (exact) mass is 1010 g/mol. The van der Waals surface area contributed by atoms with Crippen molar-refractivity contribution in [1.82, 2.24) is 0 Å². The molecule has 0 aromatic heterocycles. The first-order valence-electron chi connectivity index (χ1n) is 26.3. The molecule has 406 valence electrons. The number of aliphatic hydroxyl groups is 4. The molecule has 0 aliphatic heterocycles. The quantitative estimate of drug-likeness (QED) is 0.0348. The van der Waals surface area contributed by atoms with Crippen molar-refractivity contribution < 1.29 is 52.6 Å². The van der Waals surface area contributed by atoms with Gasteiger partial charge in [0.1, 0.15) is 43.4 Å². The smallest absolute Gasteiger partial charge is 0.193 e. The number of quaternary nitrogens is 4. The first kappa shape index (κ1) is 61.4. The Morgan fingerprint density at radius 3 is 1.01 bits per heavy atom. The number of ether oxygens (including phenoxy) is 2. The van der Waals surface area contributed by atoms with E-state index in [1.54, 1.807) is 31.4 Å². The number of methoxy groups -OCH3 is 1.